The maximum atomic E-state index is 8.12. The first kappa shape index (κ1) is 47.6. The largest absolute Gasteiger partial charge is 0 e. The number of hydrogen-bond acceptors (Lipinski definition) is 5. The molecular weight excluding hydrogens is 176 g/mol. The Labute approximate surface area is 74.6 Å². The minimum absolute atomic E-state index is 0. The summed E-state index contributed by atoms with van der Waals surface area (Å²) in [5.74, 6) is 0. The first-order valence-corrected chi connectivity index (χ1v) is 1.47. The van der Waals surface area contributed by atoms with Crippen molar-refractivity contribution in [3.05, 3.63) is 6.65 Å². The number of aliphatic hydroxyl groups excluding tert-OH is 1. The fourth-order valence-electron chi connectivity index (χ4n) is 0. The Hall–Kier alpha value is -1.62. The Bertz CT molecular complexity index is 106. The third-order valence-electron chi connectivity index (χ3n) is 0. The van der Waals surface area contributed by atoms with Crippen LogP contribution in [-0.2, 0) is 23.8 Å². The first-order chi connectivity index (χ1) is 4.83. The molecule has 0 saturated carbocycles. The van der Waals surface area contributed by atoms with Crippen LogP contribution < -0.4 is 0 Å². The molecule has 82 valence electrons. The molecule has 0 rings (SSSR count). The average Bonchev–Trinajstić information content (AvgIpc) is 1.99. The summed E-state index contributed by atoms with van der Waals surface area (Å²) in [6, 6.07) is 0. The molecule has 0 bridgehead atoms. The Kier molecular flexibility index (Phi) is 18100. The van der Waals surface area contributed by atoms with Crippen LogP contribution in [0.3, 0.4) is 0 Å². The summed E-state index contributed by atoms with van der Waals surface area (Å²) >= 11 is 0. The molecule has 0 spiro atoms. The number of rotatable bonds is 0. The van der Waals surface area contributed by atoms with E-state index in [1.165, 1.54) is 0 Å². The van der Waals surface area contributed by atoms with Crippen LogP contribution in [0.4, 0.5) is 0 Å². The van der Waals surface area contributed by atoms with Crippen LogP contribution in [0.2, 0.25) is 0 Å². The smallest absolute Gasteiger partial charge is 0 e. The summed E-state index contributed by atoms with van der Waals surface area (Å²) in [6.07, 6.45) is 0.500. The second-order valence-corrected chi connectivity index (χ2v) is 0.167. The standard InChI is InChI=1S/2CO2.CH4O.CO.2H2O.5H2/c2*2-1-3;2*1-2;;;;;;;/h;;2H,1H3;;2*1H2;5*1H. The van der Waals surface area contributed by atoms with Crippen LogP contribution in [0.1, 0.15) is 7.13 Å². The minimum atomic E-state index is 0. The van der Waals surface area contributed by atoms with E-state index in [-0.39, 0.29) is 30.4 Å². The van der Waals surface area contributed by atoms with E-state index in [4.69, 9.17) is 28.9 Å². The topological polar surface area (TPSA) is 171 Å². The van der Waals surface area contributed by atoms with Gasteiger partial charge in [-0.25, -0.2) is 0 Å². The van der Waals surface area contributed by atoms with E-state index in [9.17, 15) is 0 Å². The van der Waals surface area contributed by atoms with Gasteiger partial charge in [0.05, 0.1) is 0 Å². The predicted molar refractivity (Wildman–Crippen MR) is 39.9 cm³/mol. The molecule has 5 N–H and O–H groups in total. The molecule has 12 heavy (non-hydrogen) atoms. The van der Waals surface area contributed by atoms with Crippen molar-refractivity contribution in [1.29, 1.82) is 0 Å². The quantitative estimate of drug-likeness (QED) is 0.345. The maximum Gasteiger partial charge on any atom is 0 e. The summed E-state index contributed by atoms with van der Waals surface area (Å²) < 4.78 is 7.50. The van der Waals surface area contributed by atoms with Gasteiger partial charge in [-0.3, -0.25) is 0 Å². The summed E-state index contributed by atoms with van der Waals surface area (Å²) in [4.78, 5) is 32.5. The van der Waals surface area contributed by atoms with Crippen LogP contribution in [0, 0.1) is 6.65 Å². The van der Waals surface area contributed by atoms with Crippen molar-refractivity contribution in [2.45, 2.75) is 0 Å². The SMILES string of the molecule is CO.O.O.O=C=O.O=C=O.[C-]#[O+].[HH].[HH].[HH].[HH].[HH]. The van der Waals surface area contributed by atoms with Crippen molar-refractivity contribution in [2.75, 3.05) is 7.11 Å². The fourth-order valence-corrected chi connectivity index (χ4v) is 0. The van der Waals surface area contributed by atoms with Gasteiger partial charge in [0.25, 0.3) is 0 Å². The van der Waals surface area contributed by atoms with E-state index >= 15 is 0 Å². The van der Waals surface area contributed by atoms with Gasteiger partial charge in [0.2, 0.25) is 0 Å². The van der Waals surface area contributed by atoms with Crippen LogP contribution in [0.15, 0.2) is 0 Å². The zero-order chi connectivity index (χ0) is 9.41. The van der Waals surface area contributed by atoms with Crippen molar-refractivity contribution in [2.24, 2.45) is 0 Å². The molecule has 0 fully saturated rings. The van der Waals surface area contributed by atoms with Crippen molar-refractivity contribution in [3.8, 4) is 0 Å². The molecule has 0 aliphatic carbocycles. The van der Waals surface area contributed by atoms with Gasteiger partial charge in [-0.2, -0.15) is 19.2 Å². The molecule has 0 unspecified atom stereocenters. The molecule has 0 heterocycles. The van der Waals surface area contributed by atoms with E-state index in [0.29, 0.717) is 0 Å². The third kappa shape index (κ3) is 174. The summed E-state index contributed by atoms with van der Waals surface area (Å²) in [7, 11) is 1.00. The maximum absolute atomic E-state index is 8.12. The van der Waals surface area contributed by atoms with Crippen LogP contribution >= 0.6 is 0 Å². The number of aliphatic hydroxyl groups is 1. The monoisotopic (exact) mass is 194 g/mol. The minimum Gasteiger partial charge on any atom is 0 e. The van der Waals surface area contributed by atoms with E-state index in [1.54, 1.807) is 0 Å². The summed E-state index contributed by atoms with van der Waals surface area (Å²) in [6.45, 7) is 4.50. The molecular formula is C4H18O8. The molecule has 8 heteroatoms. The fraction of sp³-hybridized carbons (Fsp3) is 0.250. The zero-order valence-corrected chi connectivity index (χ0v) is 5.99. The second-order valence-electron chi connectivity index (χ2n) is 0.167. The molecule has 0 aliphatic heterocycles. The van der Waals surface area contributed by atoms with Gasteiger partial charge < -0.3 is 16.1 Å². The summed E-state index contributed by atoms with van der Waals surface area (Å²) in [5.41, 5.74) is 0. The van der Waals surface area contributed by atoms with Crippen LogP contribution in [0.25, 0.3) is 0 Å². The van der Waals surface area contributed by atoms with E-state index < -0.39 is 0 Å². The van der Waals surface area contributed by atoms with Crippen molar-refractivity contribution < 1.29 is 47.0 Å². The van der Waals surface area contributed by atoms with Gasteiger partial charge >= 0.3 is 23.6 Å². The molecule has 0 aromatic rings. The normalized spacial score (nSPS) is 2.00. The summed E-state index contributed by atoms with van der Waals surface area (Å²) in [5, 5.41) is 7.00. The Morgan fingerprint density at radius 2 is 1.00 bits per heavy atom. The first-order valence-electron chi connectivity index (χ1n) is 1.47. The number of carbonyl (C=O) groups excluding carboxylic acids is 4. The van der Waals surface area contributed by atoms with Gasteiger partial charge in [0.15, 0.2) is 0 Å². The van der Waals surface area contributed by atoms with E-state index in [2.05, 4.69) is 6.65 Å². The Morgan fingerprint density at radius 1 is 1.00 bits per heavy atom. The van der Waals surface area contributed by atoms with E-state index in [0.717, 1.165) is 7.11 Å². The molecule has 0 amide bonds. The predicted octanol–water partition coefficient (Wildman–Crippen LogP) is -2.02. The van der Waals surface area contributed by atoms with Gasteiger partial charge in [0.1, 0.15) is 0 Å². The van der Waals surface area contributed by atoms with Gasteiger partial charge in [-0.1, -0.05) is 0 Å². The van der Waals surface area contributed by atoms with Crippen LogP contribution in [-0.4, -0.2) is 35.5 Å². The Balaban J connectivity index is -0.00000000279. The van der Waals surface area contributed by atoms with Gasteiger partial charge in [0, 0.05) is 14.2 Å². The van der Waals surface area contributed by atoms with E-state index in [1.807, 2.05) is 0 Å². The zero-order valence-electron chi connectivity index (χ0n) is 5.99. The Morgan fingerprint density at radius 3 is 1.00 bits per heavy atom. The molecule has 0 saturated heterocycles. The van der Waals surface area contributed by atoms with Gasteiger partial charge in [-0.05, 0) is 0 Å². The van der Waals surface area contributed by atoms with Gasteiger partial charge in [-0.15, -0.1) is 0 Å². The average molecular weight is 194 g/mol. The van der Waals surface area contributed by atoms with Crippen molar-refractivity contribution in [3.63, 3.8) is 0 Å². The number of hydrogen-bond donors (Lipinski definition) is 1. The third-order valence-corrected chi connectivity index (χ3v) is 0. The molecule has 0 aromatic heterocycles. The molecule has 8 nitrogen and oxygen atoms in total. The van der Waals surface area contributed by atoms with Crippen molar-refractivity contribution >= 4 is 12.3 Å². The second kappa shape index (κ2) is 4560. The molecule has 0 aliphatic rings. The molecule has 0 aromatic carbocycles. The molecule has 0 atom stereocenters. The molecule has 0 radical (unpaired) electrons. The van der Waals surface area contributed by atoms with Crippen LogP contribution in [0.5, 0.6) is 0 Å². The van der Waals surface area contributed by atoms with Crippen molar-refractivity contribution in [1.82, 2.24) is 0 Å².